The molecule has 1 saturated carbocycles. The number of carbonyl (C=O) groups is 3. The molecule has 34 heavy (non-hydrogen) atoms. The second kappa shape index (κ2) is 9.60. The average molecular weight is 467 g/mol. The van der Waals surface area contributed by atoms with E-state index < -0.39 is 11.5 Å². The first-order valence-corrected chi connectivity index (χ1v) is 12.1. The summed E-state index contributed by atoms with van der Waals surface area (Å²) < 4.78 is 6.26. The van der Waals surface area contributed by atoms with Gasteiger partial charge in [-0.05, 0) is 50.8 Å². The molecule has 1 atom stereocenters. The average Bonchev–Trinajstić information content (AvgIpc) is 3.21. The van der Waals surface area contributed by atoms with Crippen molar-refractivity contribution < 1.29 is 19.1 Å². The predicted octanol–water partition coefficient (Wildman–Crippen LogP) is 3.93. The number of fused-ring (bicyclic) bond motifs is 1. The molecular formula is C26H34N4O4. The van der Waals surface area contributed by atoms with Crippen LogP contribution >= 0.6 is 0 Å². The number of benzene rings is 1. The number of rotatable bonds is 4. The number of nitrogens with zero attached hydrogens (tertiary/aromatic N) is 3. The number of ether oxygens (including phenoxy) is 1. The number of hydrogen-bond donors (Lipinski definition) is 1. The fourth-order valence-corrected chi connectivity index (χ4v) is 5.07. The van der Waals surface area contributed by atoms with Gasteiger partial charge in [0, 0.05) is 17.8 Å². The molecule has 0 spiro atoms. The van der Waals surface area contributed by atoms with E-state index in [0.29, 0.717) is 5.69 Å². The van der Waals surface area contributed by atoms with Gasteiger partial charge in [0.05, 0.1) is 13.7 Å². The van der Waals surface area contributed by atoms with Crippen molar-refractivity contribution in [2.75, 3.05) is 12.0 Å². The Bertz CT molecular complexity index is 1100. The van der Waals surface area contributed by atoms with Crippen molar-refractivity contribution in [2.24, 2.45) is 0 Å². The third kappa shape index (κ3) is 4.45. The number of aryl methyl sites for hydroxylation is 2. The van der Waals surface area contributed by atoms with Crippen molar-refractivity contribution in [3.05, 3.63) is 46.8 Å². The summed E-state index contributed by atoms with van der Waals surface area (Å²) in [6.45, 7) is 5.81. The molecule has 1 aromatic carbocycles. The Kier molecular flexibility index (Phi) is 6.77. The van der Waals surface area contributed by atoms with Gasteiger partial charge in [-0.3, -0.25) is 19.2 Å². The zero-order valence-electron chi connectivity index (χ0n) is 20.5. The number of nitrogens with one attached hydrogen (secondary N) is 1. The summed E-state index contributed by atoms with van der Waals surface area (Å²) in [4.78, 5) is 41.4. The molecule has 0 unspecified atom stereocenters. The van der Waals surface area contributed by atoms with Crippen LogP contribution in [0.5, 0.6) is 0 Å². The maximum Gasteiger partial charge on any atom is 0.358 e. The molecule has 8 heteroatoms. The molecule has 2 amide bonds. The number of amides is 2. The molecule has 182 valence electrons. The van der Waals surface area contributed by atoms with E-state index in [0.717, 1.165) is 36.8 Å². The SMILES string of the molecule is COC(=O)c1cc2n(n1)C[C@@](C)(C(=O)NC1CCCCCCC1)N(c1cc(C)ccc1C)C2=O. The van der Waals surface area contributed by atoms with Crippen LogP contribution in [0.25, 0.3) is 0 Å². The third-order valence-corrected chi connectivity index (χ3v) is 7.08. The Balaban J connectivity index is 1.76. The monoisotopic (exact) mass is 466 g/mol. The molecule has 1 aliphatic heterocycles. The minimum absolute atomic E-state index is 0.0523. The van der Waals surface area contributed by atoms with Crippen molar-refractivity contribution in [1.82, 2.24) is 15.1 Å². The van der Waals surface area contributed by atoms with Crippen molar-refractivity contribution >= 4 is 23.5 Å². The van der Waals surface area contributed by atoms with Gasteiger partial charge in [-0.25, -0.2) is 4.79 Å². The fraction of sp³-hybridized carbons (Fsp3) is 0.538. The Morgan fingerprint density at radius 2 is 1.76 bits per heavy atom. The van der Waals surface area contributed by atoms with Gasteiger partial charge in [0.1, 0.15) is 11.2 Å². The molecule has 0 bridgehead atoms. The Morgan fingerprint density at radius 1 is 1.09 bits per heavy atom. The van der Waals surface area contributed by atoms with E-state index in [1.165, 1.54) is 37.1 Å². The van der Waals surface area contributed by atoms with Crippen LogP contribution in [0.15, 0.2) is 24.3 Å². The van der Waals surface area contributed by atoms with Crippen LogP contribution in [-0.4, -0.2) is 46.3 Å². The number of aromatic nitrogens is 2. The van der Waals surface area contributed by atoms with Crippen LogP contribution in [0.4, 0.5) is 5.69 Å². The minimum Gasteiger partial charge on any atom is -0.464 e. The number of anilines is 1. The summed E-state index contributed by atoms with van der Waals surface area (Å²) in [5, 5.41) is 7.56. The van der Waals surface area contributed by atoms with Crippen molar-refractivity contribution in [3.8, 4) is 0 Å². The van der Waals surface area contributed by atoms with Gasteiger partial charge < -0.3 is 10.1 Å². The highest BCUT2D eigenvalue weighted by molar-refractivity contribution is 6.12. The number of carbonyl (C=O) groups excluding carboxylic acids is 3. The smallest absolute Gasteiger partial charge is 0.358 e. The highest BCUT2D eigenvalue weighted by Crippen LogP contribution is 2.35. The molecule has 2 aromatic rings. The maximum absolute atomic E-state index is 13.9. The maximum atomic E-state index is 13.9. The lowest BCUT2D eigenvalue weighted by molar-refractivity contribution is -0.127. The number of hydrogen-bond acceptors (Lipinski definition) is 5. The predicted molar refractivity (Wildman–Crippen MR) is 129 cm³/mol. The van der Waals surface area contributed by atoms with E-state index in [1.807, 2.05) is 32.0 Å². The molecule has 8 nitrogen and oxygen atoms in total. The number of methoxy groups -OCH3 is 1. The summed E-state index contributed by atoms with van der Waals surface area (Å²) in [7, 11) is 1.28. The Hall–Kier alpha value is -3.16. The highest BCUT2D eigenvalue weighted by atomic mass is 16.5. The zero-order valence-corrected chi connectivity index (χ0v) is 20.5. The van der Waals surface area contributed by atoms with Crippen LogP contribution in [0.2, 0.25) is 0 Å². The minimum atomic E-state index is -1.22. The van der Waals surface area contributed by atoms with Gasteiger partial charge in [0.15, 0.2) is 5.69 Å². The molecule has 1 aromatic heterocycles. The number of esters is 1. The molecule has 2 aliphatic rings. The van der Waals surface area contributed by atoms with Crippen molar-refractivity contribution in [2.45, 2.75) is 83.8 Å². The second-order valence-electron chi connectivity index (χ2n) is 9.78. The second-order valence-corrected chi connectivity index (χ2v) is 9.78. The molecule has 1 aliphatic carbocycles. The highest BCUT2D eigenvalue weighted by Gasteiger charge is 2.50. The fourth-order valence-electron chi connectivity index (χ4n) is 5.07. The van der Waals surface area contributed by atoms with E-state index >= 15 is 0 Å². The van der Waals surface area contributed by atoms with Gasteiger partial charge in [-0.1, -0.05) is 44.2 Å². The van der Waals surface area contributed by atoms with Crippen LogP contribution in [0.3, 0.4) is 0 Å². The lowest BCUT2D eigenvalue weighted by Gasteiger charge is -2.44. The lowest BCUT2D eigenvalue weighted by atomic mass is 9.91. The van der Waals surface area contributed by atoms with Crippen LogP contribution in [-0.2, 0) is 16.1 Å². The summed E-state index contributed by atoms with van der Waals surface area (Å²) in [6.07, 6.45) is 7.68. The Labute approximate surface area is 200 Å². The standard InChI is InChI=1S/C26H34N4O4/c1-17-12-13-18(2)21(14-17)30-23(31)22-15-20(24(32)34-4)28-29(22)16-26(30,3)25(33)27-19-10-8-6-5-7-9-11-19/h12-15,19H,5-11,16H2,1-4H3,(H,27,33)/t26-/m0/s1. The molecular weight excluding hydrogens is 432 g/mol. The quantitative estimate of drug-likeness (QED) is 0.689. The first-order chi connectivity index (χ1) is 16.2. The van der Waals surface area contributed by atoms with Crippen LogP contribution in [0, 0.1) is 13.8 Å². The summed E-state index contributed by atoms with van der Waals surface area (Å²) in [5.74, 6) is -1.18. The van der Waals surface area contributed by atoms with E-state index in [4.69, 9.17) is 4.74 Å². The largest absolute Gasteiger partial charge is 0.464 e. The van der Waals surface area contributed by atoms with Crippen molar-refractivity contribution in [1.29, 1.82) is 0 Å². The van der Waals surface area contributed by atoms with E-state index in [9.17, 15) is 14.4 Å². The van der Waals surface area contributed by atoms with Gasteiger partial charge >= 0.3 is 5.97 Å². The van der Waals surface area contributed by atoms with Crippen molar-refractivity contribution in [3.63, 3.8) is 0 Å². The molecule has 4 rings (SSSR count). The van der Waals surface area contributed by atoms with Gasteiger partial charge in [-0.15, -0.1) is 0 Å². The summed E-state index contributed by atoms with van der Waals surface area (Å²) >= 11 is 0. The summed E-state index contributed by atoms with van der Waals surface area (Å²) in [5.41, 5.74) is 1.67. The van der Waals surface area contributed by atoms with E-state index in [2.05, 4.69) is 10.4 Å². The van der Waals surface area contributed by atoms with Gasteiger partial charge in [0.2, 0.25) is 5.91 Å². The topological polar surface area (TPSA) is 93.5 Å². The molecule has 2 heterocycles. The van der Waals surface area contributed by atoms with E-state index in [-0.39, 0.29) is 35.8 Å². The first kappa shape index (κ1) is 24.0. The third-order valence-electron chi connectivity index (χ3n) is 7.08. The van der Waals surface area contributed by atoms with E-state index in [1.54, 1.807) is 11.8 Å². The summed E-state index contributed by atoms with van der Waals surface area (Å²) in [6, 6.07) is 7.40. The van der Waals surface area contributed by atoms with Gasteiger partial charge in [0.25, 0.3) is 5.91 Å². The lowest BCUT2D eigenvalue weighted by Crippen LogP contribution is -2.65. The Morgan fingerprint density at radius 3 is 2.44 bits per heavy atom. The molecule has 0 radical (unpaired) electrons. The zero-order chi connectivity index (χ0) is 24.5. The van der Waals surface area contributed by atoms with Gasteiger partial charge in [-0.2, -0.15) is 5.10 Å². The van der Waals surface area contributed by atoms with Crippen LogP contribution in [0.1, 0.15) is 84.0 Å². The molecule has 1 N–H and O–H groups in total. The first-order valence-electron chi connectivity index (χ1n) is 12.1. The van der Waals surface area contributed by atoms with Crippen LogP contribution < -0.4 is 10.2 Å². The molecule has 1 fully saturated rings. The normalized spacial score (nSPS) is 21.4. The molecule has 0 saturated heterocycles.